The van der Waals surface area contributed by atoms with Gasteiger partial charge >= 0.3 is 0 Å². The maximum atomic E-state index is 12.9. The highest BCUT2D eigenvalue weighted by Crippen LogP contribution is 2.33. The Balaban J connectivity index is 1.94. The monoisotopic (exact) mass is 362 g/mol. The van der Waals surface area contributed by atoms with E-state index in [1.165, 1.54) is 0 Å². The molecule has 0 radical (unpaired) electrons. The molecule has 0 aliphatic rings. The van der Waals surface area contributed by atoms with Gasteiger partial charge in [-0.1, -0.05) is 78.9 Å². The van der Waals surface area contributed by atoms with Gasteiger partial charge in [0.25, 0.3) is 0 Å². The van der Waals surface area contributed by atoms with E-state index >= 15 is 0 Å². The van der Waals surface area contributed by atoms with E-state index in [0.717, 1.165) is 33.3 Å². The van der Waals surface area contributed by atoms with Gasteiger partial charge in [-0.25, -0.2) is 0 Å². The number of ketones is 1. The second kappa shape index (κ2) is 7.38. The normalized spacial score (nSPS) is 11.4. The number of aryl methyl sites for hydroxylation is 1. The zero-order valence-electron chi connectivity index (χ0n) is 15.4. The van der Waals surface area contributed by atoms with E-state index in [1.54, 1.807) is 30.3 Å². The van der Waals surface area contributed by atoms with Crippen LogP contribution in [0.2, 0.25) is 0 Å². The van der Waals surface area contributed by atoms with Gasteiger partial charge in [0.2, 0.25) is 5.78 Å². The molecule has 1 aromatic heterocycles. The molecule has 4 aromatic rings. The van der Waals surface area contributed by atoms with Gasteiger partial charge in [0, 0.05) is 22.0 Å². The van der Waals surface area contributed by atoms with Crippen molar-refractivity contribution < 1.29 is 4.79 Å². The van der Waals surface area contributed by atoms with Gasteiger partial charge in [-0.3, -0.25) is 4.79 Å². The number of aromatic nitrogens is 1. The lowest BCUT2D eigenvalue weighted by atomic mass is 9.98. The molecule has 4 rings (SSSR count). The summed E-state index contributed by atoms with van der Waals surface area (Å²) in [6, 6.07) is 27.0. The fraction of sp³-hybridized carbons (Fsp3) is 0.0400. The molecule has 0 atom stereocenters. The van der Waals surface area contributed by atoms with Crippen molar-refractivity contribution in [2.45, 2.75) is 6.92 Å². The van der Waals surface area contributed by atoms with Gasteiger partial charge in [-0.05, 0) is 24.1 Å². The Labute approximate surface area is 163 Å². The third-order valence-corrected chi connectivity index (χ3v) is 4.83. The Morgan fingerprint density at radius 2 is 1.61 bits per heavy atom. The van der Waals surface area contributed by atoms with E-state index in [1.807, 2.05) is 61.5 Å². The molecule has 1 N–H and O–H groups in total. The van der Waals surface area contributed by atoms with Crippen molar-refractivity contribution in [3.8, 4) is 17.3 Å². The number of nitrogens with zero attached hydrogens (tertiary/aromatic N) is 1. The van der Waals surface area contributed by atoms with Crippen LogP contribution in [0.3, 0.4) is 0 Å². The van der Waals surface area contributed by atoms with E-state index in [-0.39, 0.29) is 11.4 Å². The molecule has 3 aromatic carbocycles. The standard InChI is InChI=1S/C25H18N2O/c1-17-9-8-14-21-22(24(27-23(17)21)18-10-4-2-5-11-18)15-20(16-26)25(28)19-12-6-3-7-13-19/h2-15,27H,1H3. The molecule has 0 amide bonds. The summed E-state index contributed by atoms with van der Waals surface area (Å²) in [5.74, 6) is -0.274. The molecule has 1 heterocycles. The van der Waals surface area contributed by atoms with E-state index in [9.17, 15) is 10.1 Å². The number of carbonyl (C=O) groups is 1. The van der Waals surface area contributed by atoms with Crippen LogP contribution in [0.5, 0.6) is 0 Å². The number of rotatable bonds is 4. The molecule has 3 heteroatoms. The molecule has 0 unspecified atom stereocenters. The van der Waals surface area contributed by atoms with Crippen molar-refractivity contribution in [3.05, 3.63) is 101 Å². The molecule has 0 aliphatic heterocycles. The van der Waals surface area contributed by atoms with E-state index in [0.29, 0.717) is 5.56 Å². The van der Waals surface area contributed by atoms with E-state index in [4.69, 9.17) is 0 Å². The summed E-state index contributed by atoms with van der Waals surface area (Å²) in [5.41, 5.74) is 5.51. The minimum atomic E-state index is -0.274. The van der Waals surface area contributed by atoms with Crippen molar-refractivity contribution in [3.63, 3.8) is 0 Å². The van der Waals surface area contributed by atoms with Crippen LogP contribution in [0.1, 0.15) is 21.5 Å². The average molecular weight is 362 g/mol. The lowest BCUT2D eigenvalue weighted by Gasteiger charge is -2.03. The Bertz CT molecular complexity index is 1230. The van der Waals surface area contributed by atoms with Crippen molar-refractivity contribution >= 4 is 22.8 Å². The van der Waals surface area contributed by atoms with Crippen LogP contribution in [0, 0.1) is 18.3 Å². The van der Waals surface area contributed by atoms with Gasteiger partial charge in [0.05, 0.1) is 5.69 Å². The molecular formula is C25H18N2O. The van der Waals surface area contributed by atoms with Gasteiger partial charge in [-0.2, -0.15) is 5.26 Å². The Hall–Kier alpha value is -3.90. The molecule has 28 heavy (non-hydrogen) atoms. The lowest BCUT2D eigenvalue weighted by Crippen LogP contribution is -2.01. The molecule has 3 nitrogen and oxygen atoms in total. The number of aromatic amines is 1. The Kier molecular flexibility index (Phi) is 4.62. The predicted octanol–water partition coefficient (Wildman–Crippen LogP) is 5.93. The predicted molar refractivity (Wildman–Crippen MR) is 113 cm³/mol. The van der Waals surface area contributed by atoms with Crippen LogP contribution in [-0.2, 0) is 0 Å². The highest BCUT2D eigenvalue weighted by Gasteiger charge is 2.17. The smallest absolute Gasteiger partial charge is 0.203 e. The van der Waals surface area contributed by atoms with Gasteiger partial charge in [0.15, 0.2) is 0 Å². The molecule has 0 spiro atoms. The number of hydrogen-bond acceptors (Lipinski definition) is 2. The number of Topliss-reactive ketones (excluding diaryl/α,β-unsaturated/α-hetero) is 1. The molecule has 0 saturated heterocycles. The van der Waals surface area contributed by atoms with E-state index in [2.05, 4.69) is 11.1 Å². The SMILES string of the molecule is Cc1cccc2c(C=C(C#N)C(=O)c3ccccc3)c(-c3ccccc3)[nH]c12. The molecule has 134 valence electrons. The van der Waals surface area contributed by atoms with Crippen molar-refractivity contribution in [2.24, 2.45) is 0 Å². The summed E-state index contributed by atoms with van der Waals surface area (Å²) in [4.78, 5) is 16.3. The second-order valence-corrected chi connectivity index (χ2v) is 6.64. The molecule has 0 bridgehead atoms. The first-order chi connectivity index (χ1) is 13.7. The zero-order valence-corrected chi connectivity index (χ0v) is 15.4. The molecular weight excluding hydrogens is 344 g/mol. The van der Waals surface area contributed by atoms with Gasteiger partial charge in [-0.15, -0.1) is 0 Å². The summed E-state index contributed by atoms with van der Waals surface area (Å²) < 4.78 is 0. The molecule has 0 fully saturated rings. The summed E-state index contributed by atoms with van der Waals surface area (Å²) >= 11 is 0. The van der Waals surface area contributed by atoms with Crippen LogP contribution >= 0.6 is 0 Å². The summed E-state index contributed by atoms with van der Waals surface area (Å²) in [7, 11) is 0. The Morgan fingerprint density at radius 1 is 0.929 bits per heavy atom. The average Bonchev–Trinajstić information content (AvgIpc) is 3.12. The van der Waals surface area contributed by atoms with Gasteiger partial charge in [0.1, 0.15) is 11.6 Å². The zero-order chi connectivity index (χ0) is 19.5. The highest BCUT2D eigenvalue weighted by molar-refractivity contribution is 6.15. The third kappa shape index (κ3) is 3.13. The maximum Gasteiger partial charge on any atom is 0.203 e. The number of nitriles is 1. The minimum Gasteiger partial charge on any atom is -0.354 e. The number of nitrogens with one attached hydrogen (secondary N) is 1. The number of allylic oxidation sites excluding steroid dienone is 1. The number of carbonyl (C=O) groups excluding carboxylic acids is 1. The van der Waals surface area contributed by atoms with Crippen LogP contribution < -0.4 is 0 Å². The largest absolute Gasteiger partial charge is 0.354 e. The van der Waals surface area contributed by atoms with Crippen molar-refractivity contribution in [1.82, 2.24) is 4.98 Å². The summed E-state index contributed by atoms with van der Waals surface area (Å²) in [6.07, 6.45) is 1.70. The number of fused-ring (bicyclic) bond motifs is 1. The fourth-order valence-electron chi connectivity index (χ4n) is 3.41. The van der Waals surface area contributed by atoms with Crippen LogP contribution in [0.25, 0.3) is 28.2 Å². The maximum absolute atomic E-state index is 12.9. The van der Waals surface area contributed by atoms with Crippen molar-refractivity contribution in [1.29, 1.82) is 5.26 Å². The number of H-pyrrole nitrogens is 1. The minimum absolute atomic E-state index is 0.116. The van der Waals surface area contributed by atoms with Crippen LogP contribution in [-0.4, -0.2) is 10.8 Å². The topological polar surface area (TPSA) is 56.6 Å². The van der Waals surface area contributed by atoms with E-state index < -0.39 is 0 Å². The third-order valence-electron chi connectivity index (χ3n) is 4.83. The number of para-hydroxylation sites is 1. The van der Waals surface area contributed by atoms with Crippen molar-refractivity contribution in [2.75, 3.05) is 0 Å². The number of benzene rings is 3. The fourth-order valence-corrected chi connectivity index (χ4v) is 3.41. The second-order valence-electron chi connectivity index (χ2n) is 6.64. The van der Waals surface area contributed by atoms with Gasteiger partial charge < -0.3 is 4.98 Å². The van der Waals surface area contributed by atoms with Crippen LogP contribution in [0.15, 0.2) is 84.4 Å². The molecule has 0 saturated carbocycles. The quantitative estimate of drug-likeness (QED) is 0.278. The highest BCUT2D eigenvalue weighted by atomic mass is 16.1. The van der Waals surface area contributed by atoms with Crippen LogP contribution in [0.4, 0.5) is 0 Å². The first-order valence-corrected chi connectivity index (χ1v) is 9.07. The summed E-state index contributed by atoms with van der Waals surface area (Å²) in [5, 5.41) is 10.7. The number of hydrogen-bond donors (Lipinski definition) is 1. The molecule has 0 aliphatic carbocycles. The first-order valence-electron chi connectivity index (χ1n) is 9.07. The first kappa shape index (κ1) is 17.5. The lowest BCUT2D eigenvalue weighted by molar-refractivity contribution is 0.104. The Morgan fingerprint density at radius 3 is 2.29 bits per heavy atom. The summed E-state index contributed by atoms with van der Waals surface area (Å²) in [6.45, 7) is 2.04.